The fourth-order valence-electron chi connectivity index (χ4n) is 2.75. The topological polar surface area (TPSA) is 32.7 Å². The van der Waals surface area contributed by atoms with Gasteiger partial charge in [-0.3, -0.25) is 0 Å². The number of aliphatic hydroxyl groups is 1. The first-order valence-electron chi connectivity index (χ1n) is 6.84. The zero-order valence-corrected chi connectivity index (χ0v) is 11.4. The monoisotopic (exact) mass is 267 g/mol. The van der Waals surface area contributed by atoms with Crippen LogP contribution in [0.3, 0.4) is 0 Å². The van der Waals surface area contributed by atoms with Crippen molar-refractivity contribution in [3.63, 3.8) is 0 Å². The molecule has 3 nitrogen and oxygen atoms in total. The summed E-state index contributed by atoms with van der Waals surface area (Å²) in [7, 11) is 1.72. The summed E-state index contributed by atoms with van der Waals surface area (Å²) >= 11 is 0. The Bertz CT molecular complexity index is 397. The highest BCUT2D eigenvalue weighted by atomic mass is 19.1. The maximum atomic E-state index is 13.1. The Morgan fingerprint density at radius 1 is 1.53 bits per heavy atom. The van der Waals surface area contributed by atoms with Crippen molar-refractivity contribution in [1.29, 1.82) is 0 Å². The van der Waals surface area contributed by atoms with Crippen LogP contribution in [-0.2, 0) is 4.74 Å². The van der Waals surface area contributed by atoms with Gasteiger partial charge in [-0.05, 0) is 43.0 Å². The Kier molecular flexibility index (Phi) is 5.31. The first kappa shape index (κ1) is 14.4. The summed E-state index contributed by atoms with van der Waals surface area (Å²) in [4.78, 5) is 2.24. The van der Waals surface area contributed by atoms with Crippen molar-refractivity contribution in [2.75, 3.05) is 33.4 Å². The van der Waals surface area contributed by atoms with Crippen LogP contribution < -0.4 is 0 Å². The van der Waals surface area contributed by atoms with Gasteiger partial charge < -0.3 is 14.7 Å². The van der Waals surface area contributed by atoms with E-state index in [1.807, 2.05) is 0 Å². The molecule has 2 atom stereocenters. The highest BCUT2D eigenvalue weighted by molar-refractivity contribution is 5.19. The highest BCUT2D eigenvalue weighted by Crippen LogP contribution is 2.21. The van der Waals surface area contributed by atoms with Crippen LogP contribution in [0.1, 0.15) is 24.5 Å². The third-order valence-corrected chi connectivity index (χ3v) is 3.67. The van der Waals surface area contributed by atoms with Gasteiger partial charge in [-0.2, -0.15) is 0 Å². The number of methoxy groups -OCH3 is 1. The molecule has 1 aromatic rings. The molecule has 1 N–H and O–H groups in total. The highest BCUT2D eigenvalue weighted by Gasteiger charge is 2.22. The van der Waals surface area contributed by atoms with Crippen LogP contribution in [0.25, 0.3) is 0 Å². The first-order valence-corrected chi connectivity index (χ1v) is 6.84. The van der Waals surface area contributed by atoms with Gasteiger partial charge in [0.25, 0.3) is 0 Å². The number of piperidine rings is 1. The van der Waals surface area contributed by atoms with E-state index in [1.165, 1.54) is 18.6 Å². The third kappa shape index (κ3) is 4.27. The molecule has 0 unspecified atom stereocenters. The Labute approximate surface area is 114 Å². The lowest BCUT2D eigenvalue weighted by atomic mass is 9.98. The standard InChI is InChI=1S/C15H22FNO2/c1-19-11-12-4-3-7-17(9-12)10-15(18)13-5-2-6-14(16)8-13/h2,5-6,8,12,15,18H,3-4,7,9-11H2,1H3/t12-,15-/m1/s1. The molecule has 0 saturated carbocycles. The number of benzene rings is 1. The molecule has 1 aromatic carbocycles. The second kappa shape index (κ2) is 6.98. The fourth-order valence-corrected chi connectivity index (χ4v) is 2.75. The average molecular weight is 267 g/mol. The predicted octanol–water partition coefficient (Wildman–Crippen LogP) is 2.22. The van der Waals surface area contributed by atoms with Gasteiger partial charge in [0.2, 0.25) is 0 Å². The molecule has 4 heteroatoms. The van der Waals surface area contributed by atoms with Crippen molar-refractivity contribution < 1.29 is 14.2 Å². The van der Waals surface area contributed by atoms with Gasteiger partial charge >= 0.3 is 0 Å². The second-order valence-electron chi connectivity index (χ2n) is 5.29. The van der Waals surface area contributed by atoms with Crippen molar-refractivity contribution in [3.05, 3.63) is 35.6 Å². The van der Waals surface area contributed by atoms with Gasteiger partial charge in [0, 0.05) is 20.2 Å². The normalized spacial score (nSPS) is 22.4. The molecule has 0 radical (unpaired) electrons. The number of aliphatic hydroxyl groups excluding tert-OH is 1. The molecular formula is C15H22FNO2. The van der Waals surface area contributed by atoms with Crippen LogP contribution in [-0.4, -0.2) is 43.4 Å². The Morgan fingerprint density at radius 2 is 2.37 bits per heavy atom. The maximum Gasteiger partial charge on any atom is 0.123 e. The molecule has 1 saturated heterocycles. The molecule has 0 bridgehead atoms. The van der Waals surface area contributed by atoms with Crippen molar-refractivity contribution in [3.8, 4) is 0 Å². The summed E-state index contributed by atoms with van der Waals surface area (Å²) in [6.07, 6.45) is 1.68. The minimum Gasteiger partial charge on any atom is -0.387 e. The summed E-state index contributed by atoms with van der Waals surface area (Å²) < 4.78 is 18.3. The summed E-state index contributed by atoms with van der Waals surface area (Å²) in [5, 5.41) is 10.2. The van der Waals surface area contributed by atoms with E-state index in [1.54, 1.807) is 19.2 Å². The van der Waals surface area contributed by atoms with Gasteiger partial charge in [-0.25, -0.2) is 4.39 Å². The third-order valence-electron chi connectivity index (χ3n) is 3.67. The molecule has 1 aliphatic rings. The van der Waals surface area contributed by atoms with Gasteiger partial charge in [-0.1, -0.05) is 12.1 Å². The molecular weight excluding hydrogens is 245 g/mol. The van der Waals surface area contributed by atoms with Crippen LogP contribution in [0.4, 0.5) is 4.39 Å². The number of nitrogens with zero attached hydrogens (tertiary/aromatic N) is 1. The summed E-state index contributed by atoms with van der Waals surface area (Å²) in [5.41, 5.74) is 0.647. The van der Waals surface area contributed by atoms with Crippen LogP contribution in [0.15, 0.2) is 24.3 Å². The fraction of sp³-hybridized carbons (Fsp3) is 0.600. The van der Waals surface area contributed by atoms with Gasteiger partial charge in [0.15, 0.2) is 0 Å². The average Bonchev–Trinajstić information content (AvgIpc) is 2.39. The van der Waals surface area contributed by atoms with E-state index in [0.717, 1.165) is 26.1 Å². The van der Waals surface area contributed by atoms with E-state index in [9.17, 15) is 9.50 Å². The summed E-state index contributed by atoms with van der Waals surface area (Å²) in [5.74, 6) is 0.242. The van der Waals surface area contributed by atoms with E-state index in [4.69, 9.17) is 4.74 Å². The van der Waals surface area contributed by atoms with Gasteiger partial charge in [0.05, 0.1) is 12.7 Å². The molecule has 0 aromatic heterocycles. The van der Waals surface area contributed by atoms with Crippen molar-refractivity contribution in [1.82, 2.24) is 4.90 Å². The van der Waals surface area contributed by atoms with E-state index >= 15 is 0 Å². The van der Waals surface area contributed by atoms with E-state index in [0.29, 0.717) is 18.0 Å². The van der Waals surface area contributed by atoms with E-state index in [-0.39, 0.29) is 5.82 Å². The van der Waals surface area contributed by atoms with Crippen LogP contribution >= 0.6 is 0 Å². The van der Waals surface area contributed by atoms with Crippen LogP contribution in [0, 0.1) is 11.7 Å². The van der Waals surface area contributed by atoms with Crippen LogP contribution in [0.5, 0.6) is 0 Å². The molecule has 0 spiro atoms. The zero-order valence-electron chi connectivity index (χ0n) is 11.4. The molecule has 1 heterocycles. The SMILES string of the molecule is COC[C@@H]1CCCN(C[C@@H](O)c2cccc(F)c2)C1. The Morgan fingerprint density at radius 3 is 3.11 bits per heavy atom. The molecule has 1 fully saturated rings. The summed E-state index contributed by atoms with van der Waals surface area (Å²) in [6, 6.07) is 6.20. The molecule has 19 heavy (non-hydrogen) atoms. The number of hydrogen-bond acceptors (Lipinski definition) is 3. The van der Waals surface area contributed by atoms with E-state index in [2.05, 4.69) is 4.90 Å². The van der Waals surface area contributed by atoms with Crippen molar-refractivity contribution in [2.24, 2.45) is 5.92 Å². The molecule has 2 rings (SSSR count). The van der Waals surface area contributed by atoms with Crippen molar-refractivity contribution >= 4 is 0 Å². The van der Waals surface area contributed by atoms with E-state index < -0.39 is 6.10 Å². The minimum atomic E-state index is -0.628. The quantitative estimate of drug-likeness (QED) is 0.888. The lowest BCUT2D eigenvalue weighted by Crippen LogP contribution is -2.39. The zero-order chi connectivity index (χ0) is 13.7. The lowest BCUT2D eigenvalue weighted by Gasteiger charge is -2.33. The molecule has 1 aliphatic heterocycles. The number of rotatable bonds is 5. The number of hydrogen-bond donors (Lipinski definition) is 1. The number of β-amino-alcohol motifs (C(OH)–C–C–N with tert-alkyl or cyclic N) is 1. The van der Waals surface area contributed by atoms with Gasteiger partial charge in [-0.15, -0.1) is 0 Å². The van der Waals surface area contributed by atoms with Crippen LogP contribution in [0.2, 0.25) is 0 Å². The molecule has 0 amide bonds. The largest absolute Gasteiger partial charge is 0.387 e. The second-order valence-corrected chi connectivity index (χ2v) is 5.29. The number of ether oxygens (including phenoxy) is 1. The van der Waals surface area contributed by atoms with Crippen molar-refractivity contribution in [2.45, 2.75) is 18.9 Å². The first-order chi connectivity index (χ1) is 9.19. The molecule has 106 valence electrons. The lowest BCUT2D eigenvalue weighted by molar-refractivity contribution is 0.0562. The smallest absolute Gasteiger partial charge is 0.123 e. The minimum absolute atomic E-state index is 0.299. The number of halogens is 1. The predicted molar refractivity (Wildman–Crippen MR) is 72.4 cm³/mol. The summed E-state index contributed by atoms with van der Waals surface area (Å²) in [6.45, 7) is 3.27. The number of likely N-dealkylation sites (tertiary alicyclic amines) is 1. The molecule has 0 aliphatic carbocycles. The Hall–Kier alpha value is -0.970. The van der Waals surface area contributed by atoms with Gasteiger partial charge in [0.1, 0.15) is 5.82 Å². The maximum absolute atomic E-state index is 13.1. The Balaban J connectivity index is 1.89.